The normalized spacial score (nSPS) is 13.4. The van der Waals surface area contributed by atoms with Gasteiger partial charge in [0.25, 0.3) is 0 Å². The van der Waals surface area contributed by atoms with Gasteiger partial charge in [0.1, 0.15) is 24.0 Å². The molecule has 1 aliphatic rings. The fourth-order valence-corrected chi connectivity index (χ4v) is 11.0. The average Bonchev–Trinajstić information content (AvgIpc) is 3.86. The predicted octanol–water partition coefficient (Wildman–Crippen LogP) is 19.0. The summed E-state index contributed by atoms with van der Waals surface area (Å²) >= 11 is 0. The minimum Gasteiger partial charge on any atom is -0.457 e. The van der Waals surface area contributed by atoms with Crippen LogP contribution < -0.4 is 14.5 Å². The van der Waals surface area contributed by atoms with Crippen LogP contribution in [0.15, 0.2) is 146 Å². The Balaban J connectivity index is 1.11. The third-order valence-electron chi connectivity index (χ3n) is 15.1. The summed E-state index contributed by atoms with van der Waals surface area (Å²) in [6.07, 6.45) is 1.95. The molecule has 0 unspecified atom stereocenters. The number of rotatable bonds is 7. The Kier molecular flexibility index (Phi) is 12.1. The summed E-state index contributed by atoms with van der Waals surface area (Å²) in [5.74, 6) is 2.40. The van der Waals surface area contributed by atoms with Crippen LogP contribution in [0.25, 0.3) is 49.9 Å². The van der Waals surface area contributed by atoms with Crippen LogP contribution in [0.1, 0.15) is 128 Å². The minimum absolute atomic E-state index is 0.0110. The molecule has 0 spiro atoms. The van der Waals surface area contributed by atoms with Gasteiger partial charge in [0.05, 0.1) is 22.4 Å². The molecule has 0 saturated heterocycles. The van der Waals surface area contributed by atoms with Crippen molar-refractivity contribution in [3.8, 4) is 39.6 Å². The highest BCUT2D eigenvalue weighted by Gasteiger charge is 2.31. The van der Waals surface area contributed by atoms with Crippen LogP contribution in [0, 0.1) is 27.7 Å². The lowest BCUT2D eigenvalue weighted by molar-refractivity contribution is 0.483. The molecule has 0 aliphatic carbocycles. The first-order chi connectivity index (χ1) is 34.3. The van der Waals surface area contributed by atoms with Crippen molar-refractivity contribution in [2.24, 2.45) is 0 Å². The van der Waals surface area contributed by atoms with Crippen LogP contribution in [-0.2, 0) is 21.7 Å². The molecule has 9 aromatic rings. The van der Waals surface area contributed by atoms with Gasteiger partial charge in [-0.3, -0.25) is 4.57 Å². The SMILES string of the molecule is Cc1cc(C(C)(C)C)cc(C)c1-c1cc(Oc2ccc3c4ccccc4n(-c4cc(-c5c(C)cc(C(C)(C)C)cc5C)ccn4)c3c2)cc(N2CN(c3cc(C(C)(C)C)cc(C(C)(C)C)c3)c3ccccc32)c1. The van der Waals surface area contributed by atoms with Crippen molar-refractivity contribution in [2.45, 2.75) is 132 Å². The number of anilines is 4. The highest BCUT2D eigenvalue weighted by atomic mass is 16.5. The van der Waals surface area contributed by atoms with Crippen molar-refractivity contribution < 1.29 is 4.74 Å². The third-order valence-corrected chi connectivity index (χ3v) is 15.1. The van der Waals surface area contributed by atoms with Crippen molar-refractivity contribution in [2.75, 3.05) is 16.5 Å². The summed E-state index contributed by atoms with van der Waals surface area (Å²) in [6, 6.07) is 51.9. The van der Waals surface area contributed by atoms with Gasteiger partial charge < -0.3 is 14.5 Å². The van der Waals surface area contributed by atoms with Crippen molar-refractivity contribution in [1.29, 1.82) is 0 Å². The summed E-state index contributed by atoms with van der Waals surface area (Å²) in [5.41, 5.74) is 22.0. The van der Waals surface area contributed by atoms with Gasteiger partial charge in [-0.1, -0.05) is 144 Å². The number of aromatic nitrogens is 2. The van der Waals surface area contributed by atoms with Crippen molar-refractivity contribution >= 4 is 44.6 Å². The van der Waals surface area contributed by atoms with E-state index in [0.29, 0.717) is 6.67 Å². The van der Waals surface area contributed by atoms with Crippen LogP contribution in [0.2, 0.25) is 0 Å². The first-order valence-corrected chi connectivity index (χ1v) is 26.2. The van der Waals surface area contributed by atoms with E-state index in [1.807, 2.05) is 6.20 Å². The lowest BCUT2D eigenvalue weighted by atomic mass is 9.80. The van der Waals surface area contributed by atoms with Gasteiger partial charge in [-0.05, 0) is 183 Å². The van der Waals surface area contributed by atoms with Crippen LogP contribution in [0.3, 0.4) is 0 Å². The molecular formula is C68H74N4O. The maximum atomic E-state index is 7.19. The zero-order chi connectivity index (χ0) is 52.1. The molecule has 5 nitrogen and oxygen atoms in total. The van der Waals surface area contributed by atoms with Crippen molar-refractivity contribution in [1.82, 2.24) is 9.55 Å². The number of ether oxygens (including phenoxy) is 1. The Hall–Kier alpha value is -7.11. The van der Waals surface area contributed by atoms with Gasteiger partial charge >= 0.3 is 0 Å². The van der Waals surface area contributed by atoms with Crippen LogP contribution in [-0.4, -0.2) is 16.2 Å². The van der Waals surface area contributed by atoms with Gasteiger partial charge in [0.15, 0.2) is 0 Å². The fraction of sp³-hybridized carbons (Fsp3) is 0.309. The fourth-order valence-electron chi connectivity index (χ4n) is 11.0. The molecular weight excluding hydrogens is 889 g/mol. The Bertz CT molecular complexity index is 3540. The summed E-state index contributed by atoms with van der Waals surface area (Å²) in [4.78, 5) is 10.0. The number of nitrogens with zero attached hydrogens (tertiary/aromatic N) is 4. The van der Waals surface area contributed by atoms with Crippen LogP contribution in [0.5, 0.6) is 11.5 Å². The van der Waals surface area contributed by atoms with E-state index in [4.69, 9.17) is 9.72 Å². The number of hydrogen-bond donors (Lipinski definition) is 0. The number of benzene rings is 7. The van der Waals surface area contributed by atoms with E-state index in [0.717, 1.165) is 56.2 Å². The topological polar surface area (TPSA) is 33.5 Å². The molecule has 0 N–H and O–H groups in total. The van der Waals surface area contributed by atoms with E-state index in [9.17, 15) is 0 Å². The zero-order valence-corrected chi connectivity index (χ0v) is 46.3. The quantitative estimate of drug-likeness (QED) is 0.159. The Morgan fingerprint density at radius 1 is 0.411 bits per heavy atom. The largest absolute Gasteiger partial charge is 0.457 e. The lowest BCUT2D eigenvalue weighted by Gasteiger charge is -2.29. The minimum atomic E-state index is -0.0110. The van der Waals surface area contributed by atoms with E-state index in [-0.39, 0.29) is 21.7 Å². The van der Waals surface area contributed by atoms with Crippen LogP contribution >= 0.6 is 0 Å². The molecule has 0 saturated carbocycles. The Morgan fingerprint density at radius 3 is 1.44 bits per heavy atom. The number of para-hydroxylation sites is 3. The summed E-state index contributed by atoms with van der Waals surface area (Å²) in [7, 11) is 0. The van der Waals surface area contributed by atoms with Crippen molar-refractivity contribution in [3.63, 3.8) is 0 Å². The van der Waals surface area contributed by atoms with Gasteiger partial charge in [0, 0.05) is 40.5 Å². The molecule has 0 atom stereocenters. The molecule has 3 heterocycles. The van der Waals surface area contributed by atoms with Gasteiger partial charge in [-0.2, -0.15) is 0 Å². The zero-order valence-electron chi connectivity index (χ0n) is 46.3. The van der Waals surface area contributed by atoms with E-state index >= 15 is 0 Å². The highest BCUT2D eigenvalue weighted by Crippen LogP contribution is 2.48. The Labute approximate surface area is 435 Å². The molecule has 10 rings (SSSR count). The molecule has 0 radical (unpaired) electrons. The third kappa shape index (κ3) is 9.33. The second-order valence-electron chi connectivity index (χ2n) is 25.0. The molecule has 0 amide bonds. The van der Waals surface area contributed by atoms with E-state index in [2.05, 4.69) is 265 Å². The highest BCUT2D eigenvalue weighted by molar-refractivity contribution is 6.09. The molecule has 0 fully saturated rings. The smallest absolute Gasteiger partial charge is 0.138 e. The monoisotopic (exact) mass is 963 g/mol. The van der Waals surface area contributed by atoms with E-state index in [1.165, 1.54) is 72.4 Å². The molecule has 73 heavy (non-hydrogen) atoms. The predicted molar refractivity (Wildman–Crippen MR) is 312 cm³/mol. The van der Waals surface area contributed by atoms with E-state index in [1.54, 1.807) is 0 Å². The van der Waals surface area contributed by atoms with Gasteiger partial charge in [-0.25, -0.2) is 4.98 Å². The first-order valence-electron chi connectivity index (χ1n) is 26.2. The average molecular weight is 963 g/mol. The molecule has 0 bridgehead atoms. The standard InChI is InChI=1S/C68H74N4O/c1-42-29-48(65(5,6)7)30-43(2)63(42)46-27-28-69-62(35-46)72-58-22-18-17-21-56(58)57-26-25-54(40-61(57)72)73-55-34-47(64-44(3)31-49(32-45(64)4)66(8,9)10)33-52(39-55)70-41-71(60-24-20-19-23-59(60)70)53-37-50(67(11,12)13)36-51(38-53)68(14,15)16/h17-40H,41H2,1-16H3. The number of pyridine rings is 1. The molecule has 7 aromatic carbocycles. The maximum absolute atomic E-state index is 7.19. The summed E-state index contributed by atoms with van der Waals surface area (Å²) in [5, 5.41) is 2.32. The number of hydrogen-bond acceptors (Lipinski definition) is 4. The molecule has 2 aromatic heterocycles. The second kappa shape index (κ2) is 17.8. The first kappa shape index (κ1) is 49.5. The number of fused-ring (bicyclic) bond motifs is 4. The Morgan fingerprint density at radius 2 is 0.890 bits per heavy atom. The van der Waals surface area contributed by atoms with Crippen LogP contribution in [0.4, 0.5) is 22.7 Å². The molecule has 372 valence electrons. The van der Waals surface area contributed by atoms with E-state index < -0.39 is 0 Å². The molecule has 5 heteroatoms. The maximum Gasteiger partial charge on any atom is 0.138 e. The summed E-state index contributed by atoms with van der Waals surface area (Å²) < 4.78 is 9.49. The lowest BCUT2D eigenvalue weighted by Crippen LogP contribution is -2.25. The van der Waals surface area contributed by atoms with Crippen molar-refractivity contribution in [3.05, 3.63) is 190 Å². The van der Waals surface area contributed by atoms with Gasteiger partial charge in [0.2, 0.25) is 0 Å². The summed E-state index contributed by atoms with van der Waals surface area (Å²) in [6.45, 7) is 37.2. The number of aryl methyl sites for hydroxylation is 4. The molecule has 1 aliphatic heterocycles. The second-order valence-corrected chi connectivity index (χ2v) is 25.0. The van der Waals surface area contributed by atoms with Gasteiger partial charge in [-0.15, -0.1) is 0 Å².